The second-order valence-corrected chi connectivity index (χ2v) is 5.81. The van der Waals surface area contributed by atoms with Gasteiger partial charge in [-0.3, -0.25) is 0 Å². The first-order chi connectivity index (χ1) is 8.09. The van der Waals surface area contributed by atoms with E-state index >= 15 is 0 Å². The van der Waals surface area contributed by atoms with Crippen LogP contribution in [0.5, 0.6) is 0 Å². The number of hydrogen-bond donors (Lipinski definition) is 2. The minimum Gasteiger partial charge on any atom is -0.314 e. The quantitative estimate of drug-likeness (QED) is 0.635. The Hall–Kier alpha value is -0.120. The molecule has 0 bridgehead atoms. The zero-order valence-electron chi connectivity index (χ0n) is 12.1. The molecule has 0 aromatic heterocycles. The van der Waals surface area contributed by atoms with Gasteiger partial charge in [0.1, 0.15) is 0 Å². The van der Waals surface area contributed by atoms with E-state index in [0.717, 1.165) is 12.6 Å². The molecular weight excluding hydrogens is 210 g/mol. The van der Waals surface area contributed by atoms with Crippen LogP contribution in [0, 0.1) is 0 Å². The third-order valence-corrected chi connectivity index (χ3v) is 3.86. The Labute approximate surface area is 107 Å². The molecule has 2 atom stereocenters. The van der Waals surface area contributed by atoms with Gasteiger partial charge in [-0.15, -0.1) is 0 Å². The molecule has 102 valence electrons. The largest absolute Gasteiger partial charge is 0.314 e. The Bertz CT molecular complexity index is 188. The highest BCUT2D eigenvalue weighted by atomic mass is 15.1. The molecule has 1 aliphatic heterocycles. The van der Waals surface area contributed by atoms with E-state index in [1.54, 1.807) is 0 Å². The third-order valence-electron chi connectivity index (χ3n) is 3.86. The molecule has 0 amide bonds. The summed E-state index contributed by atoms with van der Waals surface area (Å²) in [4.78, 5) is 2.41. The Balaban J connectivity index is 1.98. The standard InChI is InChI=1S/C14H31N3/c1-12(2)17(4)10-6-9-15-13(3)11-14-7-5-8-16-14/h12-16H,5-11H2,1-4H3. The first kappa shape index (κ1) is 14.9. The van der Waals surface area contributed by atoms with Crippen LogP contribution in [0.2, 0.25) is 0 Å². The Morgan fingerprint density at radius 1 is 1.35 bits per heavy atom. The third kappa shape index (κ3) is 6.39. The Morgan fingerprint density at radius 3 is 2.71 bits per heavy atom. The summed E-state index contributed by atoms with van der Waals surface area (Å²) in [6.45, 7) is 10.4. The number of nitrogens with one attached hydrogen (secondary N) is 2. The molecule has 0 radical (unpaired) electrons. The summed E-state index contributed by atoms with van der Waals surface area (Å²) in [6.07, 6.45) is 5.25. The van der Waals surface area contributed by atoms with Crippen molar-refractivity contribution >= 4 is 0 Å². The van der Waals surface area contributed by atoms with Gasteiger partial charge in [0.2, 0.25) is 0 Å². The average molecular weight is 241 g/mol. The summed E-state index contributed by atoms with van der Waals surface area (Å²) in [6, 6.07) is 2.07. The fourth-order valence-electron chi connectivity index (χ4n) is 2.40. The normalized spacial score (nSPS) is 22.6. The first-order valence-corrected chi connectivity index (χ1v) is 7.26. The lowest BCUT2D eigenvalue weighted by Gasteiger charge is -2.22. The van der Waals surface area contributed by atoms with Crippen molar-refractivity contribution in [1.82, 2.24) is 15.5 Å². The molecule has 1 heterocycles. The molecule has 1 aliphatic rings. The fourth-order valence-corrected chi connectivity index (χ4v) is 2.40. The van der Waals surface area contributed by atoms with Crippen molar-refractivity contribution in [2.45, 2.75) is 64.6 Å². The van der Waals surface area contributed by atoms with Gasteiger partial charge in [0.05, 0.1) is 0 Å². The Kier molecular flexibility index (Phi) is 7.09. The predicted octanol–water partition coefficient (Wildman–Crippen LogP) is 1.84. The topological polar surface area (TPSA) is 27.3 Å². The molecule has 1 saturated heterocycles. The molecule has 2 N–H and O–H groups in total. The van der Waals surface area contributed by atoms with Crippen LogP contribution in [0.25, 0.3) is 0 Å². The average Bonchev–Trinajstić information content (AvgIpc) is 2.76. The molecule has 0 spiro atoms. The van der Waals surface area contributed by atoms with Crippen LogP contribution in [0.4, 0.5) is 0 Å². The van der Waals surface area contributed by atoms with Crippen LogP contribution in [0.3, 0.4) is 0 Å². The van der Waals surface area contributed by atoms with E-state index in [0.29, 0.717) is 12.1 Å². The van der Waals surface area contributed by atoms with Crippen molar-refractivity contribution < 1.29 is 0 Å². The van der Waals surface area contributed by atoms with Crippen LogP contribution in [-0.2, 0) is 0 Å². The van der Waals surface area contributed by atoms with Gasteiger partial charge < -0.3 is 15.5 Å². The fraction of sp³-hybridized carbons (Fsp3) is 1.00. The summed E-state index contributed by atoms with van der Waals surface area (Å²) in [7, 11) is 2.20. The molecule has 1 rings (SSSR count). The van der Waals surface area contributed by atoms with Gasteiger partial charge in [0.15, 0.2) is 0 Å². The highest BCUT2D eigenvalue weighted by Gasteiger charge is 2.16. The van der Waals surface area contributed by atoms with E-state index < -0.39 is 0 Å². The number of nitrogens with zero attached hydrogens (tertiary/aromatic N) is 1. The van der Waals surface area contributed by atoms with Gasteiger partial charge in [-0.05, 0) is 73.1 Å². The lowest BCUT2D eigenvalue weighted by atomic mass is 10.1. The summed E-state index contributed by atoms with van der Waals surface area (Å²) in [5.41, 5.74) is 0. The molecule has 0 aromatic rings. The van der Waals surface area contributed by atoms with Crippen molar-refractivity contribution in [3.8, 4) is 0 Å². The maximum Gasteiger partial charge on any atom is 0.00822 e. The summed E-state index contributed by atoms with van der Waals surface area (Å²) in [5, 5.41) is 7.20. The van der Waals surface area contributed by atoms with Crippen LogP contribution >= 0.6 is 0 Å². The molecule has 1 fully saturated rings. The highest BCUT2D eigenvalue weighted by Crippen LogP contribution is 2.10. The van der Waals surface area contributed by atoms with E-state index in [1.165, 1.54) is 38.8 Å². The van der Waals surface area contributed by atoms with Gasteiger partial charge in [-0.25, -0.2) is 0 Å². The van der Waals surface area contributed by atoms with E-state index in [1.807, 2.05) is 0 Å². The van der Waals surface area contributed by atoms with E-state index in [4.69, 9.17) is 0 Å². The molecule has 3 heteroatoms. The molecule has 2 unspecified atom stereocenters. The van der Waals surface area contributed by atoms with Crippen molar-refractivity contribution in [2.75, 3.05) is 26.7 Å². The van der Waals surface area contributed by atoms with Gasteiger partial charge in [0.25, 0.3) is 0 Å². The maximum absolute atomic E-state index is 3.64. The van der Waals surface area contributed by atoms with Gasteiger partial charge >= 0.3 is 0 Å². The van der Waals surface area contributed by atoms with Crippen LogP contribution in [0.1, 0.15) is 46.5 Å². The second kappa shape index (κ2) is 8.06. The van der Waals surface area contributed by atoms with E-state index in [9.17, 15) is 0 Å². The van der Waals surface area contributed by atoms with Crippen molar-refractivity contribution in [3.63, 3.8) is 0 Å². The SMILES string of the molecule is CC(CC1CCCN1)NCCCN(C)C(C)C. The van der Waals surface area contributed by atoms with Gasteiger partial charge in [0, 0.05) is 18.1 Å². The maximum atomic E-state index is 3.64. The predicted molar refractivity (Wildman–Crippen MR) is 75.5 cm³/mol. The summed E-state index contributed by atoms with van der Waals surface area (Å²) < 4.78 is 0. The molecule has 0 aliphatic carbocycles. The van der Waals surface area contributed by atoms with E-state index in [-0.39, 0.29) is 0 Å². The number of rotatable bonds is 8. The highest BCUT2D eigenvalue weighted by molar-refractivity contribution is 4.78. The van der Waals surface area contributed by atoms with Crippen molar-refractivity contribution in [3.05, 3.63) is 0 Å². The molecule has 17 heavy (non-hydrogen) atoms. The van der Waals surface area contributed by atoms with Crippen molar-refractivity contribution in [1.29, 1.82) is 0 Å². The lowest BCUT2D eigenvalue weighted by molar-refractivity contribution is 0.267. The minimum absolute atomic E-state index is 0.648. The van der Waals surface area contributed by atoms with E-state index in [2.05, 4.69) is 43.4 Å². The molecule has 3 nitrogen and oxygen atoms in total. The molecule has 0 saturated carbocycles. The van der Waals surface area contributed by atoms with Crippen LogP contribution < -0.4 is 10.6 Å². The van der Waals surface area contributed by atoms with Gasteiger partial charge in [-0.1, -0.05) is 0 Å². The monoisotopic (exact) mass is 241 g/mol. The second-order valence-electron chi connectivity index (χ2n) is 5.81. The summed E-state index contributed by atoms with van der Waals surface area (Å²) in [5.74, 6) is 0. The van der Waals surface area contributed by atoms with Crippen molar-refractivity contribution in [2.24, 2.45) is 0 Å². The summed E-state index contributed by atoms with van der Waals surface area (Å²) >= 11 is 0. The van der Waals surface area contributed by atoms with Crippen LogP contribution in [-0.4, -0.2) is 49.7 Å². The first-order valence-electron chi connectivity index (χ1n) is 7.26. The molecular formula is C14H31N3. The van der Waals surface area contributed by atoms with Crippen LogP contribution in [0.15, 0.2) is 0 Å². The zero-order chi connectivity index (χ0) is 12.7. The molecule has 0 aromatic carbocycles. The number of hydrogen-bond acceptors (Lipinski definition) is 3. The van der Waals surface area contributed by atoms with Gasteiger partial charge in [-0.2, -0.15) is 0 Å². The lowest BCUT2D eigenvalue weighted by Crippen LogP contribution is -2.36. The smallest absolute Gasteiger partial charge is 0.00822 e. The minimum atomic E-state index is 0.648. The Morgan fingerprint density at radius 2 is 2.12 bits per heavy atom. The zero-order valence-corrected chi connectivity index (χ0v) is 12.1.